The van der Waals surface area contributed by atoms with Crippen molar-refractivity contribution in [3.05, 3.63) is 50.7 Å². The number of thiophene rings is 1. The van der Waals surface area contributed by atoms with Gasteiger partial charge in [0, 0.05) is 20.3 Å². The molecule has 4 heteroatoms. The molecule has 0 aliphatic heterocycles. The zero-order valence-electron chi connectivity index (χ0n) is 11.0. The lowest BCUT2D eigenvalue weighted by Crippen LogP contribution is -2.00. The number of aliphatic hydroxyl groups is 1. The maximum atomic E-state index is 9.73. The Balaban J connectivity index is 2.10. The second-order valence-electron chi connectivity index (χ2n) is 4.37. The molecule has 0 fully saturated rings. The second kappa shape index (κ2) is 6.42. The molecular weight excluding hydrogens is 280 g/mol. The van der Waals surface area contributed by atoms with Gasteiger partial charge in [0.15, 0.2) is 0 Å². The summed E-state index contributed by atoms with van der Waals surface area (Å²) in [5.41, 5.74) is 0.722. The van der Waals surface area contributed by atoms with Crippen LogP contribution >= 0.6 is 22.9 Å². The fourth-order valence-electron chi connectivity index (χ4n) is 1.82. The summed E-state index contributed by atoms with van der Waals surface area (Å²) in [6.07, 6.45) is 0.452. The number of benzene rings is 1. The van der Waals surface area contributed by atoms with Gasteiger partial charge in [0.25, 0.3) is 0 Å². The van der Waals surface area contributed by atoms with Crippen molar-refractivity contribution in [2.45, 2.75) is 33.0 Å². The highest BCUT2D eigenvalue weighted by atomic mass is 35.5. The van der Waals surface area contributed by atoms with Crippen molar-refractivity contribution in [1.29, 1.82) is 0 Å². The third-order valence-electron chi connectivity index (χ3n) is 2.86. The van der Waals surface area contributed by atoms with E-state index in [-0.39, 0.29) is 0 Å². The van der Waals surface area contributed by atoms with Gasteiger partial charge in [-0.25, -0.2) is 0 Å². The third kappa shape index (κ3) is 3.72. The molecule has 1 aromatic carbocycles. The topological polar surface area (TPSA) is 29.5 Å². The van der Waals surface area contributed by atoms with Crippen molar-refractivity contribution >= 4 is 22.9 Å². The van der Waals surface area contributed by atoms with E-state index in [1.807, 2.05) is 0 Å². The van der Waals surface area contributed by atoms with Gasteiger partial charge in [-0.15, -0.1) is 11.3 Å². The van der Waals surface area contributed by atoms with Gasteiger partial charge < -0.3 is 9.84 Å². The zero-order chi connectivity index (χ0) is 13.8. The summed E-state index contributed by atoms with van der Waals surface area (Å²) in [7, 11) is 0. The van der Waals surface area contributed by atoms with Gasteiger partial charge in [0.1, 0.15) is 12.4 Å². The summed E-state index contributed by atoms with van der Waals surface area (Å²) in [5, 5.41) is 10.3. The van der Waals surface area contributed by atoms with Crippen LogP contribution in [0.15, 0.2) is 30.3 Å². The molecule has 0 bridgehead atoms. The highest BCUT2D eigenvalue weighted by Crippen LogP contribution is 2.29. The lowest BCUT2D eigenvalue weighted by molar-refractivity contribution is 0.190. The van der Waals surface area contributed by atoms with Crippen LogP contribution in [0.1, 0.15) is 35.3 Å². The SMILES string of the molecule is CCc1ccc(COc2ccc(Cl)cc2C(C)O)s1. The molecule has 0 saturated heterocycles. The highest BCUT2D eigenvalue weighted by molar-refractivity contribution is 7.11. The monoisotopic (exact) mass is 296 g/mol. The maximum Gasteiger partial charge on any atom is 0.125 e. The molecule has 102 valence electrons. The van der Waals surface area contributed by atoms with Gasteiger partial charge >= 0.3 is 0 Å². The molecule has 19 heavy (non-hydrogen) atoms. The zero-order valence-corrected chi connectivity index (χ0v) is 12.6. The average Bonchev–Trinajstić information content (AvgIpc) is 2.85. The van der Waals surface area contributed by atoms with Gasteiger partial charge in [-0.3, -0.25) is 0 Å². The first kappa shape index (κ1) is 14.4. The Morgan fingerprint density at radius 2 is 2.00 bits per heavy atom. The number of ether oxygens (including phenoxy) is 1. The molecule has 0 radical (unpaired) electrons. The largest absolute Gasteiger partial charge is 0.488 e. The van der Waals surface area contributed by atoms with Crippen LogP contribution in [0.3, 0.4) is 0 Å². The van der Waals surface area contributed by atoms with E-state index in [1.54, 1.807) is 36.5 Å². The molecule has 0 amide bonds. The van der Waals surface area contributed by atoms with Crippen molar-refractivity contribution in [1.82, 2.24) is 0 Å². The average molecular weight is 297 g/mol. The number of halogens is 1. The summed E-state index contributed by atoms with van der Waals surface area (Å²) in [6.45, 7) is 4.37. The molecule has 0 aliphatic rings. The maximum absolute atomic E-state index is 9.73. The van der Waals surface area contributed by atoms with Crippen LogP contribution < -0.4 is 4.74 Å². The lowest BCUT2D eigenvalue weighted by Gasteiger charge is -2.13. The van der Waals surface area contributed by atoms with Crippen molar-refractivity contribution in [3.63, 3.8) is 0 Å². The molecular formula is C15H17ClO2S. The van der Waals surface area contributed by atoms with Gasteiger partial charge in [-0.1, -0.05) is 18.5 Å². The van der Waals surface area contributed by atoms with Crippen molar-refractivity contribution in [3.8, 4) is 5.75 Å². The number of hydrogen-bond acceptors (Lipinski definition) is 3. The standard InChI is InChI=1S/C15H17ClO2S/c1-3-12-5-6-13(19-12)9-18-15-7-4-11(16)8-14(15)10(2)17/h4-8,10,17H,3,9H2,1-2H3. The van der Waals surface area contributed by atoms with Crippen LogP contribution in [0.5, 0.6) is 5.75 Å². The fraction of sp³-hybridized carbons (Fsp3) is 0.333. The Morgan fingerprint density at radius 3 is 2.63 bits per heavy atom. The van der Waals surface area contributed by atoms with E-state index < -0.39 is 6.10 Å². The van der Waals surface area contributed by atoms with Crippen LogP contribution in [0.4, 0.5) is 0 Å². The van der Waals surface area contributed by atoms with E-state index in [1.165, 1.54) is 9.75 Å². The van der Waals surface area contributed by atoms with Crippen LogP contribution in [0.25, 0.3) is 0 Å². The Morgan fingerprint density at radius 1 is 1.26 bits per heavy atom. The molecule has 1 aromatic heterocycles. The van der Waals surface area contributed by atoms with E-state index in [0.717, 1.165) is 12.0 Å². The van der Waals surface area contributed by atoms with Crippen molar-refractivity contribution in [2.24, 2.45) is 0 Å². The summed E-state index contributed by atoms with van der Waals surface area (Å²) < 4.78 is 5.79. The first-order valence-electron chi connectivity index (χ1n) is 6.28. The predicted octanol–water partition coefficient (Wildman–Crippen LogP) is 4.60. The summed E-state index contributed by atoms with van der Waals surface area (Å²) in [4.78, 5) is 2.54. The van der Waals surface area contributed by atoms with E-state index in [9.17, 15) is 5.11 Å². The predicted molar refractivity (Wildman–Crippen MR) is 80.1 cm³/mol. The Kier molecular flexibility index (Phi) is 4.86. The first-order valence-corrected chi connectivity index (χ1v) is 7.47. The minimum absolute atomic E-state index is 0.520. The summed E-state index contributed by atoms with van der Waals surface area (Å²) in [6, 6.07) is 9.53. The van der Waals surface area contributed by atoms with E-state index in [2.05, 4.69) is 19.1 Å². The molecule has 1 N–H and O–H groups in total. The highest BCUT2D eigenvalue weighted by Gasteiger charge is 2.10. The Bertz CT molecular complexity index is 549. The first-order chi connectivity index (χ1) is 9.10. The number of aliphatic hydroxyl groups excluding tert-OH is 1. The second-order valence-corrected chi connectivity index (χ2v) is 6.06. The Labute approximate surface area is 122 Å². The van der Waals surface area contributed by atoms with Gasteiger partial charge in [-0.05, 0) is 43.7 Å². The molecule has 1 heterocycles. The van der Waals surface area contributed by atoms with Crippen LogP contribution in [0.2, 0.25) is 5.02 Å². The Hall–Kier alpha value is -1.03. The van der Waals surface area contributed by atoms with Crippen LogP contribution in [-0.2, 0) is 13.0 Å². The summed E-state index contributed by atoms with van der Waals surface area (Å²) >= 11 is 7.69. The van der Waals surface area contributed by atoms with Crippen molar-refractivity contribution in [2.75, 3.05) is 0 Å². The van der Waals surface area contributed by atoms with Gasteiger partial charge in [0.05, 0.1) is 6.10 Å². The quantitative estimate of drug-likeness (QED) is 0.874. The normalized spacial score (nSPS) is 12.4. The van der Waals surface area contributed by atoms with Crippen molar-refractivity contribution < 1.29 is 9.84 Å². The lowest BCUT2D eigenvalue weighted by atomic mass is 10.1. The molecule has 0 spiro atoms. The summed E-state index contributed by atoms with van der Waals surface area (Å²) in [5.74, 6) is 0.686. The van der Waals surface area contributed by atoms with Crippen LogP contribution in [-0.4, -0.2) is 5.11 Å². The molecule has 1 atom stereocenters. The minimum atomic E-state index is -0.594. The van der Waals surface area contributed by atoms with Crippen LogP contribution in [0, 0.1) is 0 Å². The van der Waals surface area contributed by atoms with E-state index >= 15 is 0 Å². The number of rotatable bonds is 5. The molecule has 2 nitrogen and oxygen atoms in total. The number of hydrogen-bond donors (Lipinski definition) is 1. The molecule has 2 rings (SSSR count). The molecule has 1 unspecified atom stereocenters. The van der Waals surface area contributed by atoms with E-state index in [4.69, 9.17) is 16.3 Å². The molecule has 0 aliphatic carbocycles. The third-order valence-corrected chi connectivity index (χ3v) is 4.30. The fourth-order valence-corrected chi connectivity index (χ4v) is 2.87. The minimum Gasteiger partial charge on any atom is -0.488 e. The number of aryl methyl sites for hydroxylation is 1. The molecule has 2 aromatic rings. The van der Waals surface area contributed by atoms with Gasteiger partial charge in [-0.2, -0.15) is 0 Å². The van der Waals surface area contributed by atoms with Gasteiger partial charge in [0.2, 0.25) is 0 Å². The van der Waals surface area contributed by atoms with E-state index in [0.29, 0.717) is 17.4 Å². The smallest absolute Gasteiger partial charge is 0.125 e. The molecule has 0 saturated carbocycles.